The summed E-state index contributed by atoms with van der Waals surface area (Å²) in [4.78, 5) is 23.3. The van der Waals surface area contributed by atoms with Gasteiger partial charge in [0.1, 0.15) is 5.54 Å². The van der Waals surface area contributed by atoms with E-state index in [0.717, 1.165) is 11.1 Å². The maximum atomic E-state index is 12.1. The van der Waals surface area contributed by atoms with Crippen molar-refractivity contribution in [3.8, 4) is 0 Å². The highest BCUT2D eigenvalue weighted by atomic mass is 16.4. The molecule has 0 saturated carbocycles. The molecule has 4 N–H and O–H groups in total. The van der Waals surface area contributed by atoms with Gasteiger partial charge in [-0.2, -0.15) is 0 Å². The van der Waals surface area contributed by atoms with Crippen LogP contribution < -0.4 is 11.1 Å². The van der Waals surface area contributed by atoms with Gasteiger partial charge in [0.05, 0.1) is 6.42 Å². The van der Waals surface area contributed by atoms with Gasteiger partial charge in [0, 0.05) is 6.54 Å². The molecule has 1 atom stereocenters. The minimum atomic E-state index is -1.22. The molecule has 1 unspecified atom stereocenters. The molecule has 5 heteroatoms. The first-order chi connectivity index (χ1) is 9.42. The van der Waals surface area contributed by atoms with Crippen LogP contribution in [0.15, 0.2) is 24.3 Å². The van der Waals surface area contributed by atoms with Gasteiger partial charge in [-0.25, -0.2) is 4.79 Å². The summed E-state index contributed by atoms with van der Waals surface area (Å²) in [6.07, 6.45) is 1.22. The third kappa shape index (κ3) is 4.06. The number of amides is 1. The van der Waals surface area contributed by atoms with Gasteiger partial charge in [-0.15, -0.1) is 0 Å². The molecule has 0 aromatic heterocycles. The maximum absolute atomic E-state index is 12.1. The summed E-state index contributed by atoms with van der Waals surface area (Å²) in [5.74, 6) is -1.32. The summed E-state index contributed by atoms with van der Waals surface area (Å²) >= 11 is 0. The summed E-state index contributed by atoms with van der Waals surface area (Å²) < 4.78 is 0. The Kier molecular flexibility index (Phi) is 5.70. The standard InChI is InChI=1S/C15H22N2O3/c1-3-8-15(2,14(19)20)17-13(18)9-11-6-4-5-7-12(11)10-16/h4-7H,3,8-10,16H2,1-2H3,(H,17,18)(H,19,20). The lowest BCUT2D eigenvalue weighted by molar-refractivity contribution is -0.147. The number of carbonyl (C=O) groups is 2. The van der Waals surface area contributed by atoms with Crippen LogP contribution in [0.25, 0.3) is 0 Å². The molecule has 0 bridgehead atoms. The Hall–Kier alpha value is -1.88. The molecule has 0 fully saturated rings. The van der Waals surface area contributed by atoms with Gasteiger partial charge in [0.15, 0.2) is 0 Å². The first-order valence-electron chi connectivity index (χ1n) is 6.74. The second-order valence-electron chi connectivity index (χ2n) is 5.09. The van der Waals surface area contributed by atoms with Gasteiger partial charge >= 0.3 is 5.97 Å². The smallest absolute Gasteiger partial charge is 0.329 e. The molecule has 0 aliphatic rings. The maximum Gasteiger partial charge on any atom is 0.329 e. The van der Waals surface area contributed by atoms with E-state index < -0.39 is 11.5 Å². The molecule has 20 heavy (non-hydrogen) atoms. The second kappa shape index (κ2) is 7.05. The summed E-state index contributed by atoms with van der Waals surface area (Å²) in [7, 11) is 0. The van der Waals surface area contributed by atoms with E-state index in [2.05, 4.69) is 5.32 Å². The van der Waals surface area contributed by atoms with Gasteiger partial charge in [-0.3, -0.25) is 4.79 Å². The lowest BCUT2D eigenvalue weighted by Gasteiger charge is -2.26. The number of benzene rings is 1. The number of aliphatic carboxylic acids is 1. The molecule has 5 nitrogen and oxygen atoms in total. The molecule has 0 saturated heterocycles. The Balaban J connectivity index is 2.78. The fourth-order valence-electron chi connectivity index (χ4n) is 2.18. The number of nitrogens with two attached hydrogens (primary N) is 1. The summed E-state index contributed by atoms with van der Waals surface area (Å²) in [6.45, 7) is 3.78. The fraction of sp³-hybridized carbons (Fsp3) is 0.467. The van der Waals surface area contributed by atoms with Crippen molar-refractivity contribution in [2.24, 2.45) is 5.73 Å². The number of hydrogen-bond acceptors (Lipinski definition) is 3. The third-order valence-electron chi connectivity index (χ3n) is 3.33. The minimum Gasteiger partial charge on any atom is -0.480 e. The van der Waals surface area contributed by atoms with E-state index in [1.54, 1.807) is 0 Å². The molecule has 110 valence electrons. The van der Waals surface area contributed by atoms with Crippen LogP contribution in [0.2, 0.25) is 0 Å². The molecular formula is C15H22N2O3. The monoisotopic (exact) mass is 278 g/mol. The van der Waals surface area contributed by atoms with Gasteiger partial charge in [0.25, 0.3) is 0 Å². The average molecular weight is 278 g/mol. The Morgan fingerprint density at radius 3 is 2.40 bits per heavy atom. The van der Waals surface area contributed by atoms with Gasteiger partial charge < -0.3 is 16.2 Å². The minimum absolute atomic E-state index is 0.139. The average Bonchev–Trinajstić information content (AvgIpc) is 2.39. The molecule has 0 radical (unpaired) electrons. The zero-order chi connectivity index (χ0) is 15.2. The lowest BCUT2D eigenvalue weighted by Crippen LogP contribution is -2.52. The van der Waals surface area contributed by atoms with E-state index in [4.69, 9.17) is 5.73 Å². The van der Waals surface area contributed by atoms with E-state index in [1.165, 1.54) is 6.92 Å². The number of nitrogens with one attached hydrogen (secondary N) is 1. The largest absolute Gasteiger partial charge is 0.480 e. The van der Waals surface area contributed by atoms with Crippen LogP contribution in [0.1, 0.15) is 37.8 Å². The predicted molar refractivity (Wildman–Crippen MR) is 77.1 cm³/mol. The van der Waals surface area contributed by atoms with Crippen molar-refractivity contribution in [1.29, 1.82) is 0 Å². The van der Waals surface area contributed by atoms with E-state index in [-0.39, 0.29) is 12.3 Å². The Morgan fingerprint density at radius 1 is 1.30 bits per heavy atom. The van der Waals surface area contributed by atoms with E-state index in [0.29, 0.717) is 19.4 Å². The fourth-order valence-corrected chi connectivity index (χ4v) is 2.18. The number of rotatable bonds is 7. The normalized spacial score (nSPS) is 13.6. The molecule has 1 rings (SSSR count). The lowest BCUT2D eigenvalue weighted by atomic mass is 9.95. The van der Waals surface area contributed by atoms with Crippen LogP contribution in [-0.4, -0.2) is 22.5 Å². The Labute approximate surface area is 119 Å². The summed E-state index contributed by atoms with van der Waals surface area (Å²) in [6, 6.07) is 7.40. The van der Waals surface area contributed by atoms with Crippen LogP contribution in [0.5, 0.6) is 0 Å². The molecule has 0 aliphatic heterocycles. The zero-order valence-electron chi connectivity index (χ0n) is 12.0. The molecule has 1 aromatic carbocycles. The van der Waals surface area contributed by atoms with Crippen molar-refractivity contribution in [3.05, 3.63) is 35.4 Å². The Bertz CT molecular complexity index is 488. The van der Waals surface area contributed by atoms with Crippen LogP contribution in [0.3, 0.4) is 0 Å². The van der Waals surface area contributed by atoms with Crippen molar-refractivity contribution >= 4 is 11.9 Å². The first-order valence-corrected chi connectivity index (χ1v) is 6.74. The van der Waals surface area contributed by atoms with E-state index >= 15 is 0 Å². The predicted octanol–water partition coefficient (Wildman–Crippen LogP) is 1.45. The highest BCUT2D eigenvalue weighted by Gasteiger charge is 2.33. The second-order valence-corrected chi connectivity index (χ2v) is 5.09. The molecular weight excluding hydrogens is 256 g/mol. The van der Waals surface area contributed by atoms with Crippen LogP contribution in [-0.2, 0) is 22.6 Å². The van der Waals surface area contributed by atoms with Crippen molar-refractivity contribution in [2.45, 2.75) is 45.2 Å². The molecule has 0 heterocycles. The van der Waals surface area contributed by atoms with Gasteiger partial charge in [0.2, 0.25) is 5.91 Å². The SMILES string of the molecule is CCCC(C)(NC(=O)Cc1ccccc1CN)C(=O)O. The van der Waals surface area contributed by atoms with E-state index in [1.807, 2.05) is 31.2 Å². The molecule has 1 amide bonds. The Morgan fingerprint density at radius 2 is 1.90 bits per heavy atom. The van der Waals surface area contributed by atoms with Crippen molar-refractivity contribution < 1.29 is 14.7 Å². The van der Waals surface area contributed by atoms with Crippen LogP contribution >= 0.6 is 0 Å². The summed E-state index contributed by atoms with van der Waals surface area (Å²) in [5, 5.41) is 11.9. The zero-order valence-corrected chi connectivity index (χ0v) is 12.0. The number of hydrogen-bond donors (Lipinski definition) is 3. The topological polar surface area (TPSA) is 92.4 Å². The van der Waals surface area contributed by atoms with Crippen molar-refractivity contribution in [3.63, 3.8) is 0 Å². The number of carbonyl (C=O) groups excluding carboxylic acids is 1. The quantitative estimate of drug-likeness (QED) is 0.703. The molecule has 0 aliphatic carbocycles. The highest BCUT2D eigenvalue weighted by molar-refractivity contribution is 5.87. The van der Waals surface area contributed by atoms with E-state index in [9.17, 15) is 14.7 Å². The van der Waals surface area contributed by atoms with Crippen molar-refractivity contribution in [2.75, 3.05) is 0 Å². The van der Waals surface area contributed by atoms with Crippen LogP contribution in [0, 0.1) is 0 Å². The number of carboxylic acids is 1. The van der Waals surface area contributed by atoms with Gasteiger partial charge in [-0.05, 0) is 24.5 Å². The number of carboxylic acid groups (broad SMARTS) is 1. The third-order valence-corrected chi connectivity index (χ3v) is 3.33. The van der Waals surface area contributed by atoms with Gasteiger partial charge in [-0.1, -0.05) is 37.6 Å². The highest BCUT2D eigenvalue weighted by Crippen LogP contribution is 2.14. The van der Waals surface area contributed by atoms with Crippen LogP contribution in [0.4, 0.5) is 0 Å². The first kappa shape index (κ1) is 16.2. The molecule has 1 aromatic rings. The molecule has 0 spiro atoms. The van der Waals surface area contributed by atoms with Crippen molar-refractivity contribution in [1.82, 2.24) is 5.32 Å². The summed E-state index contributed by atoms with van der Waals surface area (Å²) in [5.41, 5.74) is 6.13.